The number of amides is 1. The predicted molar refractivity (Wildman–Crippen MR) is 132 cm³/mol. The van der Waals surface area contributed by atoms with Crippen molar-refractivity contribution in [1.82, 2.24) is 15.2 Å². The second-order valence-corrected chi connectivity index (χ2v) is 11.3. The van der Waals surface area contributed by atoms with Gasteiger partial charge in [-0.05, 0) is 61.6 Å². The van der Waals surface area contributed by atoms with Gasteiger partial charge in [-0.3, -0.25) is 9.78 Å². The van der Waals surface area contributed by atoms with Crippen molar-refractivity contribution in [3.05, 3.63) is 65.0 Å². The lowest BCUT2D eigenvalue weighted by Crippen LogP contribution is -2.47. The molecular weight excluding hydrogens is 479 g/mol. The minimum Gasteiger partial charge on any atom is -0.373 e. The van der Waals surface area contributed by atoms with Crippen molar-refractivity contribution in [3.63, 3.8) is 0 Å². The Morgan fingerprint density at radius 2 is 1.97 bits per heavy atom. The fourth-order valence-corrected chi connectivity index (χ4v) is 7.37. The average Bonchev–Trinajstić information content (AvgIpc) is 3.46. The first kappa shape index (κ1) is 24.9. The summed E-state index contributed by atoms with van der Waals surface area (Å²) in [5.41, 5.74) is 1.28. The number of aromatic nitrogens is 1. The number of hydrogen-bond donors (Lipinski definition) is 1. The normalized spacial score (nSPS) is 31.7. The fourth-order valence-electron chi connectivity index (χ4n) is 7.37. The summed E-state index contributed by atoms with van der Waals surface area (Å²) in [4.78, 5) is 19.9. The zero-order chi connectivity index (χ0) is 25.6. The van der Waals surface area contributed by atoms with E-state index >= 15 is 0 Å². The van der Waals surface area contributed by atoms with E-state index in [0.29, 0.717) is 36.2 Å². The first-order valence-electron chi connectivity index (χ1n) is 13.6. The molecule has 5 atom stereocenters. The molecule has 6 rings (SSSR count). The lowest BCUT2D eigenvalue weighted by Gasteiger charge is -2.37. The number of carbonyl (C=O) groups excluding carboxylic acids is 1. The van der Waals surface area contributed by atoms with E-state index in [4.69, 9.17) is 4.74 Å². The van der Waals surface area contributed by atoms with Gasteiger partial charge in [-0.25, -0.2) is 0 Å². The zero-order valence-electron chi connectivity index (χ0n) is 21.0. The average molecular weight is 514 g/mol. The molecule has 37 heavy (non-hydrogen) atoms. The Bertz CT molecular complexity index is 1140. The lowest BCUT2D eigenvalue weighted by molar-refractivity contribution is -0.144. The first-order valence-corrected chi connectivity index (χ1v) is 13.6. The van der Waals surface area contributed by atoms with Crippen molar-refractivity contribution in [1.29, 1.82) is 0 Å². The summed E-state index contributed by atoms with van der Waals surface area (Å²) in [5.74, 6) is 0.472. The Hall–Kier alpha value is -2.45. The van der Waals surface area contributed by atoms with E-state index in [9.17, 15) is 18.0 Å². The molecule has 3 heterocycles. The van der Waals surface area contributed by atoms with Crippen LogP contribution in [0.15, 0.2) is 42.6 Å². The molecule has 4 aliphatic rings. The Balaban J connectivity index is 1.14. The number of alkyl halides is 3. The Morgan fingerprint density at radius 3 is 2.78 bits per heavy atom. The molecule has 198 valence electrons. The number of ether oxygens (including phenoxy) is 1. The van der Waals surface area contributed by atoms with Crippen LogP contribution in [-0.2, 0) is 28.7 Å². The molecule has 0 radical (unpaired) electrons. The first-order chi connectivity index (χ1) is 17.8. The number of nitrogens with zero attached hydrogens (tertiary/aromatic N) is 2. The maximum absolute atomic E-state index is 14.0. The molecule has 5 nitrogen and oxygen atoms in total. The summed E-state index contributed by atoms with van der Waals surface area (Å²) >= 11 is 0. The van der Waals surface area contributed by atoms with Crippen molar-refractivity contribution in [2.75, 3.05) is 13.2 Å². The highest BCUT2D eigenvalue weighted by molar-refractivity contribution is 5.84. The smallest absolute Gasteiger partial charge is 0.373 e. The van der Waals surface area contributed by atoms with Crippen LogP contribution in [0.25, 0.3) is 0 Å². The third-order valence-electron chi connectivity index (χ3n) is 9.14. The summed E-state index contributed by atoms with van der Waals surface area (Å²) < 4.78 is 45.8. The number of carbonyl (C=O) groups is 1. The van der Waals surface area contributed by atoms with Crippen LogP contribution in [0.4, 0.5) is 13.2 Å². The van der Waals surface area contributed by atoms with Crippen molar-refractivity contribution in [2.45, 2.75) is 82.3 Å². The number of halogens is 3. The number of pyridine rings is 1. The molecule has 2 aromatic rings. The molecule has 8 heteroatoms. The van der Waals surface area contributed by atoms with Crippen molar-refractivity contribution >= 4 is 5.91 Å². The van der Waals surface area contributed by atoms with Gasteiger partial charge in [-0.2, -0.15) is 13.2 Å². The summed E-state index contributed by atoms with van der Waals surface area (Å²) in [6, 6.07) is 12.1. The van der Waals surface area contributed by atoms with Crippen molar-refractivity contribution in [3.8, 4) is 0 Å². The van der Waals surface area contributed by atoms with E-state index in [1.54, 1.807) is 0 Å². The van der Waals surface area contributed by atoms with Gasteiger partial charge in [-0.1, -0.05) is 36.8 Å². The summed E-state index contributed by atoms with van der Waals surface area (Å²) in [6.45, 7) is 1.46. The monoisotopic (exact) mass is 513 g/mol. The number of rotatable bonds is 4. The largest absolute Gasteiger partial charge is 0.417 e. The van der Waals surface area contributed by atoms with Gasteiger partial charge in [0.05, 0.1) is 17.1 Å². The van der Waals surface area contributed by atoms with Gasteiger partial charge in [0.15, 0.2) is 0 Å². The molecule has 2 saturated carbocycles. The number of fused-ring (bicyclic) bond motifs is 2. The molecule has 0 bridgehead atoms. The van der Waals surface area contributed by atoms with Gasteiger partial charge in [0.2, 0.25) is 5.91 Å². The highest BCUT2D eigenvalue weighted by Gasteiger charge is 2.56. The van der Waals surface area contributed by atoms with Crippen LogP contribution < -0.4 is 5.32 Å². The molecule has 3 fully saturated rings. The topological polar surface area (TPSA) is 54.5 Å². The molecule has 1 unspecified atom stereocenters. The van der Waals surface area contributed by atoms with Gasteiger partial charge >= 0.3 is 6.18 Å². The SMILES string of the molecule is O=C(N1CCc2ncc(C(F)(F)F)cc2C1)[C@@]12CCC[C@@H]1CC(N[C@H]1CCO[C@@H](c3ccccc3)C1)C2. The maximum Gasteiger partial charge on any atom is 0.417 e. The van der Waals surface area contributed by atoms with E-state index in [1.807, 2.05) is 23.1 Å². The third kappa shape index (κ3) is 4.78. The molecule has 1 N–H and O–H groups in total. The van der Waals surface area contributed by atoms with E-state index in [1.165, 1.54) is 11.6 Å². The maximum atomic E-state index is 14.0. The second-order valence-electron chi connectivity index (χ2n) is 11.3. The molecule has 1 aromatic carbocycles. The summed E-state index contributed by atoms with van der Waals surface area (Å²) in [6.07, 6.45) is 3.72. The fraction of sp³-hybridized carbons (Fsp3) is 0.586. The molecule has 2 aliphatic heterocycles. The van der Waals surface area contributed by atoms with Gasteiger partial charge in [-0.15, -0.1) is 0 Å². The molecule has 1 amide bonds. The van der Waals surface area contributed by atoms with Crippen LogP contribution >= 0.6 is 0 Å². The molecule has 1 saturated heterocycles. The van der Waals surface area contributed by atoms with Crippen LogP contribution in [0.3, 0.4) is 0 Å². The summed E-state index contributed by atoms with van der Waals surface area (Å²) in [5, 5.41) is 3.88. The Kier molecular flexibility index (Phi) is 6.51. The van der Waals surface area contributed by atoms with Crippen molar-refractivity contribution in [2.24, 2.45) is 11.3 Å². The summed E-state index contributed by atoms with van der Waals surface area (Å²) in [7, 11) is 0. The minimum atomic E-state index is -4.43. The quantitative estimate of drug-likeness (QED) is 0.591. The van der Waals surface area contributed by atoms with E-state index in [2.05, 4.69) is 22.4 Å². The van der Waals surface area contributed by atoms with Crippen LogP contribution in [0.1, 0.15) is 73.4 Å². The predicted octanol–water partition coefficient (Wildman–Crippen LogP) is 5.44. The standard InChI is InChI=1S/C29H34F3N3O2/c30-29(31,32)22-13-20-18-35(11-8-25(20)33-17-22)27(36)28-10-4-7-21(28)14-24(16-28)34-23-9-12-37-26(15-23)19-5-2-1-3-6-19/h1-3,5-6,13,17,21,23-24,26,34H,4,7-12,14-16,18H2/t21-,23+,24?,26-,28-/m1/s1. The van der Waals surface area contributed by atoms with Crippen LogP contribution in [0, 0.1) is 11.3 Å². The minimum absolute atomic E-state index is 0.0903. The highest BCUT2D eigenvalue weighted by Crippen LogP contribution is 2.55. The van der Waals surface area contributed by atoms with E-state index in [-0.39, 0.29) is 24.6 Å². The van der Waals surface area contributed by atoms with Gasteiger partial charge in [0.1, 0.15) is 0 Å². The van der Waals surface area contributed by atoms with Crippen LogP contribution in [-0.4, -0.2) is 41.0 Å². The second kappa shape index (κ2) is 9.70. The molecule has 0 spiro atoms. The number of benzene rings is 1. The zero-order valence-corrected chi connectivity index (χ0v) is 21.0. The van der Waals surface area contributed by atoms with Crippen LogP contribution in [0.2, 0.25) is 0 Å². The molecular formula is C29H34F3N3O2. The van der Waals surface area contributed by atoms with Crippen molar-refractivity contribution < 1.29 is 22.7 Å². The van der Waals surface area contributed by atoms with Crippen LogP contribution in [0.5, 0.6) is 0 Å². The molecule has 2 aliphatic carbocycles. The third-order valence-corrected chi connectivity index (χ3v) is 9.14. The van der Waals surface area contributed by atoms with Gasteiger partial charge in [0.25, 0.3) is 0 Å². The number of hydrogen-bond acceptors (Lipinski definition) is 4. The number of nitrogens with one attached hydrogen (secondary N) is 1. The lowest BCUT2D eigenvalue weighted by atomic mass is 9.78. The van der Waals surface area contributed by atoms with Gasteiger partial charge in [0, 0.05) is 50.1 Å². The molecule has 1 aromatic heterocycles. The highest BCUT2D eigenvalue weighted by atomic mass is 19.4. The van der Waals surface area contributed by atoms with E-state index < -0.39 is 17.2 Å². The van der Waals surface area contributed by atoms with E-state index in [0.717, 1.165) is 57.7 Å². The Labute approximate surface area is 215 Å². The van der Waals surface area contributed by atoms with Gasteiger partial charge < -0.3 is 15.0 Å². The Morgan fingerprint density at radius 1 is 1.14 bits per heavy atom.